The molecule has 1 aliphatic rings. The van der Waals surface area contributed by atoms with Gasteiger partial charge in [0.15, 0.2) is 5.13 Å². The van der Waals surface area contributed by atoms with E-state index >= 15 is 0 Å². The van der Waals surface area contributed by atoms with Crippen LogP contribution in [0.3, 0.4) is 0 Å². The molecule has 3 rings (SSSR count). The van der Waals surface area contributed by atoms with Crippen LogP contribution < -0.4 is 11.1 Å². The predicted octanol–water partition coefficient (Wildman–Crippen LogP) is 2.52. The van der Waals surface area contributed by atoms with Gasteiger partial charge >= 0.3 is 0 Å². The minimum absolute atomic E-state index is 0.164. The quantitative estimate of drug-likeness (QED) is 0.871. The van der Waals surface area contributed by atoms with E-state index in [2.05, 4.69) is 34.6 Å². The number of thiazole rings is 1. The summed E-state index contributed by atoms with van der Waals surface area (Å²) in [6.45, 7) is 0. The highest BCUT2D eigenvalue weighted by atomic mass is 32.1. The third-order valence-electron chi connectivity index (χ3n) is 3.77. The number of rotatable bonds is 2. The molecule has 4 heteroatoms. The monoisotopic (exact) mass is 259 g/mol. The number of anilines is 1. The Hall–Kier alpha value is -1.39. The molecule has 3 nitrogen and oxygen atoms in total. The molecular formula is C14H17N3S. The fraction of sp³-hybridized carbons (Fsp3) is 0.357. The van der Waals surface area contributed by atoms with Crippen LogP contribution in [0, 0.1) is 0 Å². The van der Waals surface area contributed by atoms with Crippen molar-refractivity contribution in [3.63, 3.8) is 0 Å². The Labute approximate surface area is 111 Å². The lowest BCUT2D eigenvalue weighted by molar-refractivity contribution is 0.364. The lowest BCUT2D eigenvalue weighted by Crippen LogP contribution is -2.44. The van der Waals surface area contributed by atoms with Gasteiger partial charge in [-0.05, 0) is 31.9 Å². The fourth-order valence-electron chi connectivity index (χ4n) is 2.90. The molecule has 1 aromatic carbocycles. The van der Waals surface area contributed by atoms with E-state index in [0.29, 0.717) is 5.13 Å². The number of nitrogens with one attached hydrogen (secondary N) is 1. The number of nitrogen functional groups attached to an aromatic ring is 1. The number of benzene rings is 1. The van der Waals surface area contributed by atoms with Gasteiger partial charge in [0.05, 0.1) is 11.2 Å². The van der Waals surface area contributed by atoms with Crippen molar-refractivity contribution in [3.05, 3.63) is 46.5 Å². The molecule has 0 radical (unpaired) electrons. The number of hydrogen-bond acceptors (Lipinski definition) is 4. The minimum atomic E-state index is -0.164. The van der Waals surface area contributed by atoms with Gasteiger partial charge in [-0.2, -0.15) is 0 Å². The molecule has 94 valence electrons. The molecule has 1 heterocycles. The number of hydrogen-bond donors (Lipinski definition) is 2. The van der Waals surface area contributed by atoms with Crippen molar-refractivity contribution in [2.45, 2.75) is 24.8 Å². The standard InChI is InChI=1S/C14H17N3S/c1-16-14(10-6-3-2-4-7-10)9-5-8-11-12(14)17-13(15)18-11/h2-4,6-7,16H,5,8-9H2,1H3,(H2,15,17). The summed E-state index contributed by atoms with van der Waals surface area (Å²) in [5.41, 5.74) is 8.13. The highest BCUT2D eigenvalue weighted by molar-refractivity contribution is 7.15. The Morgan fingerprint density at radius 2 is 2.11 bits per heavy atom. The average Bonchev–Trinajstić information content (AvgIpc) is 2.80. The van der Waals surface area contributed by atoms with Crippen molar-refractivity contribution < 1.29 is 0 Å². The van der Waals surface area contributed by atoms with Crippen LogP contribution >= 0.6 is 11.3 Å². The molecule has 0 fully saturated rings. The SMILES string of the molecule is CNC1(c2ccccc2)CCCc2sc(N)nc21. The van der Waals surface area contributed by atoms with Crippen LogP contribution in [0.2, 0.25) is 0 Å². The Morgan fingerprint density at radius 1 is 1.33 bits per heavy atom. The van der Waals surface area contributed by atoms with Gasteiger partial charge in [0.1, 0.15) is 0 Å². The second-order valence-corrected chi connectivity index (χ2v) is 5.81. The highest BCUT2D eigenvalue weighted by Crippen LogP contribution is 2.42. The van der Waals surface area contributed by atoms with Gasteiger partial charge in [-0.25, -0.2) is 4.98 Å². The van der Waals surface area contributed by atoms with Crippen LogP contribution in [-0.4, -0.2) is 12.0 Å². The summed E-state index contributed by atoms with van der Waals surface area (Å²) >= 11 is 1.63. The minimum Gasteiger partial charge on any atom is -0.375 e. The first-order valence-corrected chi connectivity index (χ1v) is 7.08. The second kappa shape index (κ2) is 4.37. The van der Waals surface area contributed by atoms with Crippen molar-refractivity contribution in [3.8, 4) is 0 Å². The molecule has 1 aliphatic carbocycles. The average molecular weight is 259 g/mol. The third-order valence-corrected chi connectivity index (χ3v) is 4.71. The molecular weight excluding hydrogens is 242 g/mol. The van der Waals surface area contributed by atoms with Gasteiger partial charge in [0, 0.05) is 4.88 Å². The summed E-state index contributed by atoms with van der Waals surface area (Å²) in [4.78, 5) is 5.92. The Bertz CT molecular complexity index is 549. The molecule has 0 amide bonds. The Balaban J connectivity index is 2.19. The molecule has 0 aliphatic heterocycles. The summed E-state index contributed by atoms with van der Waals surface area (Å²) in [6.07, 6.45) is 3.34. The van der Waals surface area contributed by atoms with E-state index in [1.807, 2.05) is 13.1 Å². The zero-order valence-corrected chi connectivity index (χ0v) is 11.3. The maximum atomic E-state index is 5.89. The van der Waals surface area contributed by atoms with E-state index < -0.39 is 0 Å². The van der Waals surface area contributed by atoms with Crippen LogP contribution in [0.1, 0.15) is 29.0 Å². The van der Waals surface area contributed by atoms with Crippen molar-refractivity contribution in [2.24, 2.45) is 0 Å². The number of nitrogens with zero attached hydrogens (tertiary/aromatic N) is 1. The van der Waals surface area contributed by atoms with E-state index in [-0.39, 0.29) is 5.54 Å². The maximum Gasteiger partial charge on any atom is 0.180 e. The molecule has 0 saturated heterocycles. The summed E-state index contributed by atoms with van der Waals surface area (Å²) in [7, 11) is 2.01. The molecule has 3 N–H and O–H groups in total. The first kappa shape index (κ1) is 11.7. The van der Waals surface area contributed by atoms with E-state index in [1.54, 1.807) is 11.3 Å². The number of aromatic nitrogens is 1. The lowest BCUT2D eigenvalue weighted by Gasteiger charge is -2.36. The fourth-order valence-corrected chi connectivity index (χ4v) is 3.85. The van der Waals surface area contributed by atoms with E-state index in [0.717, 1.165) is 18.5 Å². The molecule has 1 aromatic heterocycles. The summed E-state index contributed by atoms with van der Waals surface area (Å²) in [5.74, 6) is 0. The van der Waals surface area contributed by atoms with Crippen LogP contribution in [0.15, 0.2) is 30.3 Å². The van der Waals surface area contributed by atoms with Crippen molar-refractivity contribution in [2.75, 3.05) is 12.8 Å². The van der Waals surface area contributed by atoms with Crippen LogP contribution in [0.4, 0.5) is 5.13 Å². The zero-order valence-electron chi connectivity index (χ0n) is 10.4. The second-order valence-electron chi connectivity index (χ2n) is 4.70. The smallest absolute Gasteiger partial charge is 0.180 e. The topological polar surface area (TPSA) is 50.9 Å². The number of aryl methyl sites for hydroxylation is 1. The molecule has 0 bridgehead atoms. The van der Waals surface area contributed by atoms with E-state index in [4.69, 9.17) is 5.73 Å². The van der Waals surface area contributed by atoms with Crippen LogP contribution in [-0.2, 0) is 12.0 Å². The van der Waals surface area contributed by atoms with E-state index in [9.17, 15) is 0 Å². The largest absolute Gasteiger partial charge is 0.375 e. The molecule has 0 spiro atoms. The van der Waals surface area contributed by atoms with Gasteiger partial charge < -0.3 is 11.1 Å². The van der Waals surface area contributed by atoms with Gasteiger partial charge in [-0.3, -0.25) is 0 Å². The van der Waals surface area contributed by atoms with Gasteiger partial charge in [0.2, 0.25) is 0 Å². The van der Waals surface area contributed by atoms with Crippen LogP contribution in [0.25, 0.3) is 0 Å². The summed E-state index contributed by atoms with van der Waals surface area (Å²) < 4.78 is 0. The first-order valence-electron chi connectivity index (χ1n) is 6.26. The van der Waals surface area contributed by atoms with E-state index in [1.165, 1.54) is 16.9 Å². The summed E-state index contributed by atoms with van der Waals surface area (Å²) in [5, 5.41) is 4.17. The van der Waals surface area contributed by atoms with Crippen molar-refractivity contribution in [1.29, 1.82) is 0 Å². The number of fused-ring (bicyclic) bond motifs is 1. The maximum absolute atomic E-state index is 5.89. The normalized spacial score (nSPS) is 22.7. The van der Waals surface area contributed by atoms with Crippen molar-refractivity contribution >= 4 is 16.5 Å². The van der Waals surface area contributed by atoms with Crippen molar-refractivity contribution in [1.82, 2.24) is 10.3 Å². The molecule has 2 aromatic rings. The molecule has 18 heavy (non-hydrogen) atoms. The highest BCUT2D eigenvalue weighted by Gasteiger charge is 2.39. The Morgan fingerprint density at radius 3 is 2.83 bits per heavy atom. The predicted molar refractivity (Wildman–Crippen MR) is 75.7 cm³/mol. The zero-order chi connectivity index (χ0) is 12.6. The van der Waals surface area contributed by atoms with Crippen LogP contribution in [0.5, 0.6) is 0 Å². The lowest BCUT2D eigenvalue weighted by atomic mass is 9.78. The molecule has 0 saturated carbocycles. The third kappa shape index (κ3) is 1.64. The van der Waals surface area contributed by atoms with Gasteiger partial charge in [-0.15, -0.1) is 11.3 Å². The summed E-state index contributed by atoms with van der Waals surface area (Å²) in [6, 6.07) is 10.5. The molecule has 1 atom stereocenters. The van der Waals surface area contributed by atoms with Gasteiger partial charge in [0.25, 0.3) is 0 Å². The Kier molecular flexibility index (Phi) is 2.84. The number of nitrogens with two attached hydrogens (primary N) is 1. The van der Waals surface area contributed by atoms with Gasteiger partial charge in [-0.1, -0.05) is 30.3 Å². The first-order chi connectivity index (χ1) is 8.76. The molecule has 1 unspecified atom stereocenters.